The van der Waals surface area contributed by atoms with Crippen molar-refractivity contribution < 1.29 is 24.1 Å². The van der Waals surface area contributed by atoms with E-state index in [2.05, 4.69) is 60.7 Å². The molecular weight excluding hydrogens is 438 g/mol. The molecule has 2 saturated heterocycles. The highest BCUT2D eigenvalue weighted by Gasteiger charge is 2.47. The number of ether oxygens (including phenoxy) is 1. The summed E-state index contributed by atoms with van der Waals surface area (Å²) < 4.78 is 5.49. The lowest BCUT2D eigenvalue weighted by molar-refractivity contribution is -1.03. The molecule has 3 aromatic rings. The van der Waals surface area contributed by atoms with Crippen molar-refractivity contribution in [2.75, 3.05) is 37.7 Å². The smallest absolute Gasteiger partial charge is 0.292 e. The Morgan fingerprint density at radius 2 is 1.40 bits per heavy atom. The first kappa shape index (κ1) is 23.3. The maximum absolute atomic E-state index is 13.3. The van der Waals surface area contributed by atoms with Gasteiger partial charge in [-0.1, -0.05) is 60.7 Å². The number of quaternary nitrogens is 2. The van der Waals surface area contributed by atoms with Gasteiger partial charge in [-0.15, -0.1) is 0 Å². The molecule has 35 heavy (non-hydrogen) atoms. The number of carbonyl (C=O) groups is 2. The first-order valence-corrected chi connectivity index (χ1v) is 12.5. The third-order valence-electron chi connectivity index (χ3n) is 7.25. The Morgan fingerprint density at radius 3 is 1.94 bits per heavy atom. The van der Waals surface area contributed by atoms with Gasteiger partial charge >= 0.3 is 0 Å². The van der Waals surface area contributed by atoms with Gasteiger partial charge in [-0.3, -0.25) is 9.59 Å². The fraction of sp³-hybridized carbons (Fsp3) is 0.310. The van der Waals surface area contributed by atoms with Gasteiger partial charge in [0.05, 0.1) is 18.7 Å². The predicted octanol–water partition coefficient (Wildman–Crippen LogP) is 1.29. The molecule has 2 amide bonds. The van der Waals surface area contributed by atoms with E-state index in [4.69, 9.17) is 4.74 Å². The van der Waals surface area contributed by atoms with E-state index in [1.54, 1.807) is 12.1 Å². The highest BCUT2D eigenvalue weighted by Crippen LogP contribution is 2.25. The number of imide groups is 1. The molecule has 2 fully saturated rings. The van der Waals surface area contributed by atoms with Gasteiger partial charge in [-0.05, 0) is 31.2 Å². The minimum Gasteiger partial charge on any atom is -0.494 e. The molecule has 5 rings (SSSR count). The minimum atomic E-state index is -0.303. The Balaban J connectivity index is 1.28. The summed E-state index contributed by atoms with van der Waals surface area (Å²) in [5.41, 5.74) is 3.25. The van der Waals surface area contributed by atoms with Gasteiger partial charge in [0.2, 0.25) is 5.91 Å². The van der Waals surface area contributed by atoms with Crippen LogP contribution in [0.25, 0.3) is 0 Å². The van der Waals surface area contributed by atoms with Crippen molar-refractivity contribution in [3.05, 3.63) is 96.1 Å². The number of nitrogens with zero attached hydrogens (tertiary/aromatic N) is 1. The second-order valence-electron chi connectivity index (χ2n) is 9.32. The zero-order valence-electron chi connectivity index (χ0n) is 20.2. The first-order valence-electron chi connectivity index (χ1n) is 12.5. The zero-order chi connectivity index (χ0) is 24.2. The summed E-state index contributed by atoms with van der Waals surface area (Å²) in [6, 6.07) is 28.5. The lowest BCUT2D eigenvalue weighted by Crippen LogP contribution is -3.30. The Hall–Kier alpha value is -3.48. The SMILES string of the molecule is CCOc1ccc(N2C(=O)C[C@H]([NH+]3CC[NH+](C(c4ccccc4)c4ccccc4)CC3)C2=O)cc1. The quantitative estimate of drug-likeness (QED) is 0.511. The summed E-state index contributed by atoms with van der Waals surface area (Å²) in [5.74, 6) is 0.543. The molecule has 2 aliphatic rings. The molecule has 3 aromatic carbocycles. The average Bonchev–Trinajstić information content (AvgIpc) is 3.20. The van der Waals surface area contributed by atoms with Crippen LogP contribution in [0.1, 0.15) is 30.5 Å². The molecule has 0 bridgehead atoms. The molecule has 0 unspecified atom stereocenters. The van der Waals surface area contributed by atoms with Gasteiger partial charge in [0, 0.05) is 11.1 Å². The number of benzene rings is 3. The van der Waals surface area contributed by atoms with Crippen LogP contribution in [-0.2, 0) is 9.59 Å². The summed E-state index contributed by atoms with van der Waals surface area (Å²) in [6.07, 6.45) is 0.275. The van der Waals surface area contributed by atoms with Gasteiger partial charge in [0.15, 0.2) is 6.04 Å². The fourth-order valence-corrected chi connectivity index (χ4v) is 5.56. The molecule has 6 heteroatoms. The fourth-order valence-electron chi connectivity index (χ4n) is 5.56. The van der Waals surface area contributed by atoms with Gasteiger partial charge in [0.1, 0.15) is 38.0 Å². The Labute approximate surface area is 206 Å². The van der Waals surface area contributed by atoms with Gasteiger partial charge in [-0.2, -0.15) is 0 Å². The van der Waals surface area contributed by atoms with E-state index in [1.165, 1.54) is 25.8 Å². The molecule has 2 heterocycles. The Bertz CT molecular complexity index is 1100. The number of anilines is 1. The summed E-state index contributed by atoms with van der Waals surface area (Å²) >= 11 is 0. The van der Waals surface area contributed by atoms with E-state index in [9.17, 15) is 9.59 Å². The third kappa shape index (κ3) is 4.85. The predicted molar refractivity (Wildman–Crippen MR) is 135 cm³/mol. The molecule has 1 atom stereocenters. The summed E-state index contributed by atoms with van der Waals surface area (Å²) in [7, 11) is 0. The van der Waals surface area contributed by atoms with Crippen molar-refractivity contribution in [1.82, 2.24) is 0 Å². The van der Waals surface area contributed by atoms with Crippen LogP contribution in [0.5, 0.6) is 5.75 Å². The van der Waals surface area contributed by atoms with Crippen LogP contribution in [0.15, 0.2) is 84.9 Å². The standard InChI is InChI=1S/C29H31N3O3/c1-2-35-25-15-13-24(14-16-25)32-27(33)21-26(29(32)34)30-17-19-31(20-18-30)28(22-9-5-3-6-10-22)23-11-7-4-8-12-23/h3-16,26,28H,2,17-21H2,1H3/p+2/t26-/m0/s1. The number of nitrogens with one attached hydrogen (secondary N) is 2. The van der Waals surface area contributed by atoms with E-state index < -0.39 is 0 Å². The molecular formula is C29H33N3O3+2. The number of carbonyl (C=O) groups excluding carboxylic acids is 2. The van der Waals surface area contributed by atoms with Crippen molar-refractivity contribution in [1.29, 1.82) is 0 Å². The number of hydrogen-bond donors (Lipinski definition) is 2. The summed E-state index contributed by atoms with van der Waals surface area (Å²) in [4.78, 5) is 30.3. The van der Waals surface area contributed by atoms with Crippen molar-refractivity contribution in [2.24, 2.45) is 0 Å². The highest BCUT2D eigenvalue weighted by atomic mass is 16.5. The molecule has 6 nitrogen and oxygen atoms in total. The van der Waals surface area contributed by atoms with E-state index in [-0.39, 0.29) is 30.3 Å². The molecule has 2 N–H and O–H groups in total. The monoisotopic (exact) mass is 471 g/mol. The van der Waals surface area contributed by atoms with Gasteiger partial charge < -0.3 is 14.5 Å². The molecule has 0 spiro atoms. The second kappa shape index (κ2) is 10.4. The van der Waals surface area contributed by atoms with E-state index in [0.29, 0.717) is 12.3 Å². The zero-order valence-corrected chi connectivity index (χ0v) is 20.2. The lowest BCUT2D eigenvalue weighted by Gasteiger charge is -2.36. The van der Waals surface area contributed by atoms with Crippen molar-refractivity contribution in [3.8, 4) is 5.75 Å². The molecule has 0 saturated carbocycles. The van der Waals surface area contributed by atoms with Crippen molar-refractivity contribution >= 4 is 17.5 Å². The molecule has 180 valence electrons. The normalized spacial score (nSPS) is 22.6. The summed E-state index contributed by atoms with van der Waals surface area (Å²) in [5, 5.41) is 0. The van der Waals surface area contributed by atoms with Crippen LogP contribution in [0.4, 0.5) is 5.69 Å². The highest BCUT2D eigenvalue weighted by molar-refractivity contribution is 6.21. The van der Waals surface area contributed by atoms with Crippen LogP contribution in [-0.4, -0.2) is 50.6 Å². The lowest BCUT2D eigenvalue weighted by atomic mass is 9.96. The van der Waals surface area contributed by atoms with Crippen LogP contribution in [0.2, 0.25) is 0 Å². The molecule has 0 aliphatic carbocycles. The first-order chi connectivity index (χ1) is 17.2. The topological polar surface area (TPSA) is 55.5 Å². The van der Waals surface area contributed by atoms with E-state index in [0.717, 1.165) is 31.9 Å². The minimum absolute atomic E-state index is 0.0831. The Kier molecular flexibility index (Phi) is 6.93. The number of amides is 2. The average molecular weight is 472 g/mol. The van der Waals surface area contributed by atoms with E-state index >= 15 is 0 Å². The van der Waals surface area contributed by atoms with Crippen molar-refractivity contribution in [2.45, 2.75) is 25.4 Å². The van der Waals surface area contributed by atoms with Crippen LogP contribution >= 0.6 is 0 Å². The third-order valence-corrected chi connectivity index (χ3v) is 7.25. The number of rotatable bonds is 7. The maximum atomic E-state index is 13.3. The Morgan fingerprint density at radius 1 is 0.829 bits per heavy atom. The van der Waals surface area contributed by atoms with Crippen LogP contribution in [0.3, 0.4) is 0 Å². The number of piperazine rings is 1. The number of hydrogen-bond acceptors (Lipinski definition) is 3. The maximum Gasteiger partial charge on any atom is 0.292 e. The van der Waals surface area contributed by atoms with E-state index in [1.807, 2.05) is 19.1 Å². The molecule has 2 aliphatic heterocycles. The molecule has 0 aromatic heterocycles. The van der Waals surface area contributed by atoms with Gasteiger partial charge in [0.25, 0.3) is 5.91 Å². The molecule has 0 radical (unpaired) electrons. The van der Waals surface area contributed by atoms with Crippen LogP contribution < -0.4 is 19.4 Å². The van der Waals surface area contributed by atoms with Crippen LogP contribution in [0, 0.1) is 0 Å². The van der Waals surface area contributed by atoms with Gasteiger partial charge in [-0.25, -0.2) is 4.90 Å². The second-order valence-corrected chi connectivity index (χ2v) is 9.32. The largest absolute Gasteiger partial charge is 0.494 e. The summed E-state index contributed by atoms with van der Waals surface area (Å²) in [6.45, 7) is 6.14. The van der Waals surface area contributed by atoms with Crippen molar-refractivity contribution in [3.63, 3.8) is 0 Å².